The Balaban J connectivity index is 2.13. The lowest BCUT2D eigenvalue weighted by Gasteiger charge is -2.39. The van der Waals surface area contributed by atoms with Gasteiger partial charge in [0.05, 0.1) is 5.69 Å². The molecule has 4 nitrogen and oxygen atoms in total. The maximum atomic E-state index is 5.64. The van der Waals surface area contributed by atoms with Crippen molar-refractivity contribution in [3.8, 4) is 0 Å². The molecule has 17 heavy (non-hydrogen) atoms. The van der Waals surface area contributed by atoms with Gasteiger partial charge in [0, 0.05) is 30.5 Å². The standard InChI is InChI=1S/C13H22N4/c1-4-13(2,3)11-5-12(16-9-15-11)17-7-10(6-14)8-17/h5,9-10H,4,6-8,14H2,1-3H3. The van der Waals surface area contributed by atoms with Gasteiger partial charge in [-0.05, 0) is 13.0 Å². The minimum absolute atomic E-state index is 0.121. The molecule has 0 spiro atoms. The minimum Gasteiger partial charge on any atom is -0.356 e. The van der Waals surface area contributed by atoms with E-state index in [2.05, 4.69) is 41.7 Å². The smallest absolute Gasteiger partial charge is 0.132 e. The van der Waals surface area contributed by atoms with Crippen molar-refractivity contribution in [2.24, 2.45) is 11.7 Å². The molecule has 4 heteroatoms. The fourth-order valence-electron chi connectivity index (χ4n) is 1.98. The average Bonchev–Trinajstić information content (AvgIpc) is 2.28. The maximum absolute atomic E-state index is 5.64. The summed E-state index contributed by atoms with van der Waals surface area (Å²) in [5, 5.41) is 0. The number of anilines is 1. The van der Waals surface area contributed by atoms with E-state index in [1.165, 1.54) is 0 Å². The lowest BCUT2D eigenvalue weighted by atomic mass is 9.86. The Morgan fingerprint density at radius 2 is 2.12 bits per heavy atom. The second-order valence-corrected chi connectivity index (χ2v) is 5.51. The first kappa shape index (κ1) is 12.3. The fourth-order valence-corrected chi connectivity index (χ4v) is 1.98. The van der Waals surface area contributed by atoms with Crippen LogP contribution in [0.15, 0.2) is 12.4 Å². The zero-order valence-corrected chi connectivity index (χ0v) is 11.0. The van der Waals surface area contributed by atoms with Crippen molar-refractivity contribution in [1.82, 2.24) is 9.97 Å². The van der Waals surface area contributed by atoms with E-state index in [4.69, 9.17) is 5.73 Å². The van der Waals surface area contributed by atoms with E-state index >= 15 is 0 Å². The van der Waals surface area contributed by atoms with Crippen molar-refractivity contribution in [3.05, 3.63) is 18.1 Å². The molecule has 0 aromatic carbocycles. The molecule has 2 heterocycles. The highest BCUT2D eigenvalue weighted by Gasteiger charge is 2.28. The van der Waals surface area contributed by atoms with Crippen molar-refractivity contribution in [1.29, 1.82) is 0 Å². The van der Waals surface area contributed by atoms with Crippen LogP contribution >= 0.6 is 0 Å². The van der Waals surface area contributed by atoms with Gasteiger partial charge < -0.3 is 10.6 Å². The minimum atomic E-state index is 0.121. The number of nitrogens with two attached hydrogens (primary N) is 1. The van der Waals surface area contributed by atoms with Crippen LogP contribution in [0.5, 0.6) is 0 Å². The van der Waals surface area contributed by atoms with Crippen LogP contribution in [0.3, 0.4) is 0 Å². The first-order valence-electron chi connectivity index (χ1n) is 6.34. The Morgan fingerprint density at radius 3 is 2.71 bits per heavy atom. The summed E-state index contributed by atoms with van der Waals surface area (Å²) >= 11 is 0. The van der Waals surface area contributed by atoms with E-state index in [1.54, 1.807) is 6.33 Å². The molecule has 0 unspecified atom stereocenters. The number of nitrogens with zero attached hydrogens (tertiary/aromatic N) is 3. The van der Waals surface area contributed by atoms with Gasteiger partial charge in [0.25, 0.3) is 0 Å². The van der Waals surface area contributed by atoms with Gasteiger partial charge in [-0.25, -0.2) is 9.97 Å². The SMILES string of the molecule is CCC(C)(C)c1cc(N2CC(CN)C2)ncn1. The molecule has 0 saturated carbocycles. The third kappa shape index (κ3) is 2.41. The summed E-state index contributed by atoms with van der Waals surface area (Å²) in [6.07, 6.45) is 2.76. The molecule has 1 fully saturated rings. The van der Waals surface area contributed by atoms with Crippen LogP contribution in [0.25, 0.3) is 0 Å². The molecule has 2 N–H and O–H groups in total. The van der Waals surface area contributed by atoms with E-state index < -0.39 is 0 Å². The van der Waals surface area contributed by atoms with Gasteiger partial charge in [-0.1, -0.05) is 20.8 Å². The van der Waals surface area contributed by atoms with Gasteiger partial charge in [0.15, 0.2) is 0 Å². The molecule has 94 valence electrons. The molecule has 1 saturated heterocycles. The predicted molar refractivity (Wildman–Crippen MR) is 70.1 cm³/mol. The largest absolute Gasteiger partial charge is 0.356 e. The highest BCUT2D eigenvalue weighted by atomic mass is 15.2. The summed E-state index contributed by atoms with van der Waals surface area (Å²) in [4.78, 5) is 11.0. The molecule has 1 aromatic heterocycles. The second-order valence-electron chi connectivity index (χ2n) is 5.51. The Morgan fingerprint density at radius 1 is 1.41 bits per heavy atom. The molecule has 1 aliphatic heterocycles. The summed E-state index contributed by atoms with van der Waals surface area (Å²) in [5.74, 6) is 1.67. The number of hydrogen-bond donors (Lipinski definition) is 1. The van der Waals surface area contributed by atoms with Crippen LogP contribution in [-0.4, -0.2) is 29.6 Å². The molecule has 1 aliphatic rings. The zero-order chi connectivity index (χ0) is 12.5. The van der Waals surface area contributed by atoms with Crippen LogP contribution in [0, 0.1) is 5.92 Å². The monoisotopic (exact) mass is 234 g/mol. The molecular weight excluding hydrogens is 212 g/mol. The Kier molecular flexibility index (Phi) is 3.33. The van der Waals surface area contributed by atoms with E-state index in [-0.39, 0.29) is 5.41 Å². The van der Waals surface area contributed by atoms with E-state index in [0.29, 0.717) is 5.92 Å². The van der Waals surface area contributed by atoms with Gasteiger partial charge >= 0.3 is 0 Å². The molecule has 0 atom stereocenters. The van der Waals surface area contributed by atoms with Crippen LogP contribution in [0.1, 0.15) is 32.9 Å². The summed E-state index contributed by atoms with van der Waals surface area (Å²) in [6, 6.07) is 2.12. The molecule has 0 radical (unpaired) electrons. The molecular formula is C13H22N4. The van der Waals surface area contributed by atoms with Crippen LogP contribution in [0.2, 0.25) is 0 Å². The van der Waals surface area contributed by atoms with Gasteiger partial charge in [-0.2, -0.15) is 0 Å². The van der Waals surface area contributed by atoms with E-state index in [9.17, 15) is 0 Å². The Bertz CT molecular complexity index is 383. The van der Waals surface area contributed by atoms with Crippen molar-refractivity contribution in [3.63, 3.8) is 0 Å². The Hall–Kier alpha value is -1.16. The summed E-state index contributed by atoms with van der Waals surface area (Å²) in [5.41, 5.74) is 6.88. The summed E-state index contributed by atoms with van der Waals surface area (Å²) in [7, 11) is 0. The Labute approximate surface area is 103 Å². The first-order valence-corrected chi connectivity index (χ1v) is 6.34. The molecule has 2 rings (SSSR count). The van der Waals surface area contributed by atoms with Crippen molar-refractivity contribution >= 4 is 5.82 Å². The zero-order valence-electron chi connectivity index (χ0n) is 11.0. The predicted octanol–water partition coefficient (Wildman–Crippen LogP) is 1.56. The quantitative estimate of drug-likeness (QED) is 0.859. The maximum Gasteiger partial charge on any atom is 0.132 e. The van der Waals surface area contributed by atoms with Crippen LogP contribution in [0.4, 0.5) is 5.82 Å². The highest BCUT2D eigenvalue weighted by molar-refractivity contribution is 5.43. The second kappa shape index (κ2) is 4.61. The van der Waals surface area contributed by atoms with E-state index in [0.717, 1.165) is 37.6 Å². The van der Waals surface area contributed by atoms with Crippen molar-refractivity contribution in [2.45, 2.75) is 32.6 Å². The molecule has 0 aliphatic carbocycles. The molecule has 0 amide bonds. The molecule has 1 aromatic rings. The molecule has 0 bridgehead atoms. The van der Waals surface area contributed by atoms with E-state index in [1.807, 2.05) is 0 Å². The van der Waals surface area contributed by atoms with Gasteiger partial charge in [-0.3, -0.25) is 0 Å². The topological polar surface area (TPSA) is 55.0 Å². The van der Waals surface area contributed by atoms with Gasteiger partial charge in [0.2, 0.25) is 0 Å². The van der Waals surface area contributed by atoms with Crippen molar-refractivity contribution < 1.29 is 0 Å². The number of rotatable bonds is 4. The fraction of sp³-hybridized carbons (Fsp3) is 0.692. The third-order valence-corrected chi connectivity index (χ3v) is 3.84. The average molecular weight is 234 g/mol. The third-order valence-electron chi connectivity index (χ3n) is 3.84. The van der Waals surface area contributed by atoms with Crippen LogP contribution < -0.4 is 10.6 Å². The van der Waals surface area contributed by atoms with Crippen molar-refractivity contribution in [2.75, 3.05) is 24.5 Å². The lowest BCUT2D eigenvalue weighted by molar-refractivity contribution is 0.415. The van der Waals surface area contributed by atoms with Gasteiger partial charge in [0.1, 0.15) is 12.1 Å². The van der Waals surface area contributed by atoms with Gasteiger partial charge in [-0.15, -0.1) is 0 Å². The van der Waals surface area contributed by atoms with Crippen LogP contribution in [-0.2, 0) is 5.41 Å². The lowest BCUT2D eigenvalue weighted by Crippen LogP contribution is -2.50. The normalized spacial score (nSPS) is 17.1. The number of aromatic nitrogens is 2. The summed E-state index contributed by atoms with van der Waals surface area (Å²) in [6.45, 7) is 9.46. The highest BCUT2D eigenvalue weighted by Crippen LogP contribution is 2.28. The number of hydrogen-bond acceptors (Lipinski definition) is 4. The summed E-state index contributed by atoms with van der Waals surface area (Å²) < 4.78 is 0. The first-order chi connectivity index (χ1) is 8.06.